The molecule has 0 bridgehead atoms. The Morgan fingerprint density at radius 1 is 0.820 bits per heavy atom. The summed E-state index contributed by atoms with van der Waals surface area (Å²) in [5, 5.41) is 11.8. The molecule has 1 saturated heterocycles. The molecule has 0 aromatic heterocycles. The van der Waals surface area contributed by atoms with Gasteiger partial charge in [-0.3, -0.25) is 48.4 Å². The van der Waals surface area contributed by atoms with Gasteiger partial charge in [0.1, 0.15) is 30.2 Å². The number of amides is 8. The van der Waals surface area contributed by atoms with Crippen molar-refractivity contribution in [2.45, 2.75) is 115 Å². The Balaban J connectivity index is 1.79. The molecule has 18 N–H and O–H groups in total. The normalized spacial score (nSPS) is 20.3. The molecule has 1 aliphatic carbocycles. The Kier molecular flexibility index (Phi) is 18.5. The van der Waals surface area contributed by atoms with Crippen LogP contribution in [0.4, 0.5) is 0 Å². The van der Waals surface area contributed by atoms with Crippen LogP contribution >= 0.6 is 0 Å². The first-order valence-corrected chi connectivity index (χ1v) is 20.4. The van der Waals surface area contributed by atoms with Crippen molar-refractivity contribution in [1.82, 2.24) is 42.1 Å². The topological polar surface area (TPSA) is 384 Å². The second-order valence-electron chi connectivity index (χ2n) is 15.6. The maximum atomic E-state index is 14.3. The minimum atomic E-state index is -1.69. The number of carbonyl (C=O) groups excluding carboxylic acids is 8. The van der Waals surface area contributed by atoms with Gasteiger partial charge < -0.3 is 66.0 Å². The number of allylic oxidation sites excluding steroid dienone is 3. The number of hydrogen-bond acceptors (Lipinski definition) is 13. The van der Waals surface area contributed by atoms with Gasteiger partial charge in [-0.1, -0.05) is 52.7 Å². The van der Waals surface area contributed by atoms with E-state index in [-0.39, 0.29) is 37.8 Å². The van der Waals surface area contributed by atoms with Crippen LogP contribution in [0.3, 0.4) is 0 Å². The number of nitrogens with two attached hydrogens (primary N) is 6. The average molecular weight is 858 g/mol. The highest BCUT2D eigenvalue weighted by atomic mass is 16.2. The lowest BCUT2D eigenvalue weighted by atomic mass is 9.96. The maximum absolute atomic E-state index is 14.3. The summed E-state index contributed by atoms with van der Waals surface area (Å²) in [5.41, 5.74) is 41.1. The molecule has 8 amide bonds. The third-order valence-corrected chi connectivity index (χ3v) is 10.9. The van der Waals surface area contributed by atoms with Crippen LogP contribution in [0.25, 0.3) is 0 Å². The van der Waals surface area contributed by atoms with Crippen molar-refractivity contribution in [3.63, 3.8) is 0 Å². The standard InChI is InChI=1S/C38H63N15O8/c1-5-19(3)30(48-33(57)23(39)12-9-13-45-38(43)44)36(60)47-24(15-28(40)54)34(58)46-25(16-29(41)55)35(59)49-31(20(4)6-2)37(61)52-17-21(14-27(52)32(42)56)26-18-53(51-50-26)22-10-7-8-11-22/h7,10-11,18-21,23-25,27,30-31,50-51H,5-6,8-9,12-17,39H2,1-4H3,(H2,40,54)(H2,41,55)(H2,42,56)(H,46,58)(H,47,60)(H,48,57)(H,49,59)(H4,43,44,45)/t19-,20-,21?,23-,24-,25-,27-,30-,31-/m0/s1. The van der Waals surface area contributed by atoms with Crippen molar-refractivity contribution in [2.75, 3.05) is 13.1 Å². The summed E-state index contributed by atoms with van der Waals surface area (Å²) in [6.07, 6.45) is 8.63. The lowest BCUT2D eigenvalue weighted by Crippen LogP contribution is -2.61. The molecule has 338 valence electrons. The van der Waals surface area contributed by atoms with Crippen LogP contribution in [0.5, 0.6) is 0 Å². The van der Waals surface area contributed by atoms with E-state index in [4.69, 9.17) is 34.4 Å². The molecule has 0 aromatic rings. The summed E-state index contributed by atoms with van der Waals surface area (Å²) in [6.45, 7) is 7.24. The van der Waals surface area contributed by atoms with Crippen LogP contribution < -0.4 is 66.6 Å². The Hall–Kier alpha value is -6.23. The van der Waals surface area contributed by atoms with Gasteiger partial charge in [-0.05, 0) is 43.6 Å². The summed E-state index contributed by atoms with van der Waals surface area (Å²) in [5.74, 6) is -8.41. The predicted molar refractivity (Wildman–Crippen MR) is 223 cm³/mol. The molecule has 23 heteroatoms. The number of hydrogen-bond donors (Lipinski definition) is 12. The molecular formula is C38H63N15O8. The smallest absolute Gasteiger partial charge is 0.246 e. The number of nitrogens with zero attached hydrogens (tertiary/aromatic N) is 3. The Bertz CT molecular complexity index is 1780. The summed E-state index contributed by atoms with van der Waals surface area (Å²) < 4.78 is 0. The van der Waals surface area contributed by atoms with Gasteiger partial charge in [0.25, 0.3) is 0 Å². The van der Waals surface area contributed by atoms with Crippen LogP contribution in [-0.4, -0.2) is 112 Å². The van der Waals surface area contributed by atoms with E-state index < -0.39 is 108 Å². The van der Waals surface area contributed by atoms with Gasteiger partial charge in [0, 0.05) is 25.2 Å². The monoisotopic (exact) mass is 857 g/mol. The first-order valence-electron chi connectivity index (χ1n) is 20.4. The van der Waals surface area contributed by atoms with Gasteiger partial charge in [0.15, 0.2) is 5.96 Å². The molecule has 1 fully saturated rings. The van der Waals surface area contributed by atoms with E-state index in [0.29, 0.717) is 25.0 Å². The second kappa shape index (κ2) is 23.0. The molecule has 9 atom stereocenters. The van der Waals surface area contributed by atoms with E-state index in [1.165, 1.54) is 4.90 Å². The lowest BCUT2D eigenvalue weighted by molar-refractivity contribution is -0.142. The number of guanidine groups is 1. The first kappa shape index (κ1) is 49.1. The molecule has 0 radical (unpaired) electrons. The molecule has 3 aliphatic rings. The van der Waals surface area contributed by atoms with Crippen LogP contribution in [0.2, 0.25) is 0 Å². The SMILES string of the molecule is CC[C@H](C)[C@H](NC(=O)[C@@H](N)CCCN=C(N)N)C(=O)N[C@@H](CC(N)=O)C(=O)N[C@@H](CC(N)=O)C(=O)N[C@H](C(=O)N1CC(C2=CN(C3=CCC=C3)NN2)C[C@H]1C(N)=O)[C@@H](C)CC. The van der Waals surface area contributed by atoms with Crippen molar-refractivity contribution in [1.29, 1.82) is 0 Å². The summed E-state index contributed by atoms with van der Waals surface area (Å²) >= 11 is 0. The summed E-state index contributed by atoms with van der Waals surface area (Å²) in [6, 6.07) is -7.89. The molecule has 2 heterocycles. The molecule has 23 nitrogen and oxygen atoms in total. The van der Waals surface area contributed by atoms with Crippen molar-refractivity contribution in [2.24, 2.45) is 57.1 Å². The highest BCUT2D eigenvalue weighted by molar-refractivity contribution is 5.99. The van der Waals surface area contributed by atoms with E-state index in [1.807, 2.05) is 24.4 Å². The zero-order valence-electron chi connectivity index (χ0n) is 35.1. The Labute approximate surface area is 354 Å². The minimum absolute atomic E-state index is 0.0812. The average Bonchev–Trinajstić information content (AvgIpc) is 4.00. The van der Waals surface area contributed by atoms with Crippen molar-refractivity contribution < 1.29 is 38.4 Å². The van der Waals surface area contributed by atoms with Crippen LogP contribution in [-0.2, 0) is 38.4 Å². The van der Waals surface area contributed by atoms with Gasteiger partial charge in [0.2, 0.25) is 47.3 Å². The van der Waals surface area contributed by atoms with Gasteiger partial charge in [-0.15, -0.1) is 5.53 Å². The third-order valence-electron chi connectivity index (χ3n) is 10.9. The Morgan fingerprint density at radius 2 is 1.39 bits per heavy atom. The quantitative estimate of drug-likeness (QED) is 0.0249. The third kappa shape index (κ3) is 14.2. The summed E-state index contributed by atoms with van der Waals surface area (Å²) in [4.78, 5) is 111. The molecule has 61 heavy (non-hydrogen) atoms. The lowest BCUT2D eigenvalue weighted by Gasteiger charge is -2.32. The van der Waals surface area contributed by atoms with Gasteiger partial charge in [-0.2, -0.15) is 0 Å². The van der Waals surface area contributed by atoms with Gasteiger partial charge in [0.05, 0.1) is 30.3 Å². The molecule has 1 unspecified atom stereocenters. The highest BCUT2D eigenvalue weighted by Crippen LogP contribution is 2.31. The van der Waals surface area contributed by atoms with E-state index >= 15 is 0 Å². The van der Waals surface area contributed by atoms with Crippen molar-refractivity contribution in [3.8, 4) is 0 Å². The zero-order valence-corrected chi connectivity index (χ0v) is 35.1. The largest absolute Gasteiger partial charge is 0.370 e. The van der Waals surface area contributed by atoms with E-state index in [0.717, 1.165) is 12.1 Å². The Morgan fingerprint density at radius 3 is 1.93 bits per heavy atom. The maximum Gasteiger partial charge on any atom is 0.246 e. The van der Waals surface area contributed by atoms with E-state index in [9.17, 15) is 38.4 Å². The zero-order chi connectivity index (χ0) is 45.6. The number of primary amides is 3. The number of nitrogens with one attached hydrogen (secondary N) is 6. The number of likely N-dealkylation sites (tertiary alicyclic amines) is 1. The van der Waals surface area contributed by atoms with Gasteiger partial charge >= 0.3 is 0 Å². The highest BCUT2D eigenvalue weighted by Gasteiger charge is 2.45. The van der Waals surface area contributed by atoms with Gasteiger partial charge in [-0.25, -0.2) is 0 Å². The fourth-order valence-electron chi connectivity index (χ4n) is 6.96. The molecule has 2 aliphatic heterocycles. The molecule has 0 saturated carbocycles. The molecule has 3 rings (SSSR count). The minimum Gasteiger partial charge on any atom is -0.370 e. The van der Waals surface area contributed by atoms with Crippen LogP contribution in [0, 0.1) is 17.8 Å². The van der Waals surface area contributed by atoms with Crippen LogP contribution in [0.15, 0.2) is 40.8 Å². The summed E-state index contributed by atoms with van der Waals surface area (Å²) in [7, 11) is 0. The number of carbonyl (C=O) groups is 8. The van der Waals surface area contributed by atoms with Crippen molar-refractivity contribution in [3.05, 3.63) is 35.8 Å². The predicted octanol–water partition coefficient (Wildman–Crippen LogP) is -4.14. The molecule has 0 aromatic carbocycles. The number of hydrazine groups is 2. The van der Waals surface area contributed by atoms with Crippen molar-refractivity contribution >= 4 is 53.2 Å². The molecular weight excluding hydrogens is 795 g/mol. The number of rotatable bonds is 24. The fourth-order valence-corrected chi connectivity index (χ4v) is 6.96. The van der Waals surface area contributed by atoms with Crippen LogP contribution in [0.1, 0.15) is 79.1 Å². The first-order chi connectivity index (χ1) is 28.8. The second-order valence-corrected chi connectivity index (χ2v) is 15.6. The van der Waals surface area contributed by atoms with E-state index in [2.05, 4.69) is 37.2 Å². The fraction of sp³-hybridized carbons (Fsp3) is 0.605. The number of aliphatic imine (C=N–C) groups is 1. The van der Waals surface area contributed by atoms with E-state index in [1.54, 1.807) is 32.7 Å². The molecule has 0 spiro atoms.